The Hall–Kier alpha value is -1.77. The van der Waals surface area contributed by atoms with Crippen LogP contribution in [0, 0.1) is 5.41 Å². The van der Waals surface area contributed by atoms with Crippen LogP contribution >= 0.6 is 0 Å². The number of amides is 1. The zero-order valence-corrected chi connectivity index (χ0v) is 12.0. The fraction of sp³-hybridized carbons (Fsp3) is 0.471. The quantitative estimate of drug-likeness (QED) is 0.873. The van der Waals surface area contributed by atoms with Crippen LogP contribution in [0.5, 0.6) is 0 Å². The highest BCUT2D eigenvalue weighted by atomic mass is 16.1. The van der Waals surface area contributed by atoms with Crippen LogP contribution in [0.15, 0.2) is 30.5 Å². The molecule has 20 heavy (non-hydrogen) atoms. The number of para-hydroxylation sites is 1. The molecule has 0 radical (unpaired) electrons. The van der Waals surface area contributed by atoms with Gasteiger partial charge in [-0.25, -0.2) is 0 Å². The van der Waals surface area contributed by atoms with Crippen molar-refractivity contribution >= 4 is 16.8 Å². The van der Waals surface area contributed by atoms with Crippen LogP contribution in [0.2, 0.25) is 0 Å². The third-order valence-corrected chi connectivity index (χ3v) is 4.57. The molecule has 0 unspecified atom stereocenters. The van der Waals surface area contributed by atoms with Gasteiger partial charge in [-0.2, -0.15) is 0 Å². The summed E-state index contributed by atoms with van der Waals surface area (Å²) < 4.78 is 0. The number of hydrogen-bond donors (Lipinski definition) is 2. The van der Waals surface area contributed by atoms with Gasteiger partial charge in [0.15, 0.2) is 0 Å². The van der Waals surface area contributed by atoms with E-state index >= 15 is 0 Å². The first-order chi connectivity index (χ1) is 9.68. The molecular formula is C17H22N2O. The lowest BCUT2D eigenvalue weighted by Gasteiger charge is -2.33. The summed E-state index contributed by atoms with van der Waals surface area (Å²) in [6.45, 7) is 3.07. The van der Waals surface area contributed by atoms with Crippen LogP contribution < -0.4 is 5.32 Å². The maximum atomic E-state index is 12.4. The Morgan fingerprint density at radius 3 is 2.85 bits per heavy atom. The number of benzene rings is 1. The average molecular weight is 270 g/mol. The number of rotatable bonds is 3. The molecule has 0 atom stereocenters. The van der Waals surface area contributed by atoms with Crippen molar-refractivity contribution in [1.82, 2.24) is 10.3 Å². The highest BCUT2D eigenvalue weighted by molar-refractivity contribution is 6.05. The second-order valence-electron chi connectivity index (χ2n) is 6.30. The number of aromatic nitrogens is 1. The van der Waals surface area contributed by atoms with E-state index in [1.165, 1.54) is 32.1 Å². The molecule has 1 saturated carbocycles. The zero-order chi connectivity index (χ0) is 14.0. The lowest BCUT2D eigenvalue weighted by molar-refractivity contribution is 0.0920. The highest BCUT2D eigenvalue weighted by Crippen LogP contribution is 2.35. The fourth-order valence-corrected chi connectivity index (χ4v) is 3.25. The maximum absolute atomic E-state index is 12.4. The van der Waals surface area contributed by atoms with Crippen LogP contribution in [-0.2, 0) is 0 Å². The molecule has 1 aliphatic carbocycles. The number of H-pyrrole nitrogens is 1. The third kappa shape index (κ3) is 2.58. The predicted octanol–water partition coefficient (Wildman–Crippen LogP) is 3.87. The number of carbonyl (C=O) groups excluding carboxylic acids is 1. The molecule has 3 rings (SSSR count). The van der Waals surface area contributed by atoms with E-state index in [0.717, 1.165) is 23.0 Å². The van der Waals surface area contributed by atoms with Crippen molar-refractivity contribution in [2.45, 2.75) is 39.0 Å². The number of hydrogen-bond acceptors (Lipinski definition) is 1. The van der Waals surface area contributed by atoms with Gasteiger partial charge in [-0.15, -0.1) is 0 Å². The minimum Gasteiger partial charge on any atom is -0.361 e. The SMILES string of the molecule is CC1(CNC(=O)c2cccc3cc[nH]c23)CCCCC1. The van der Waals surface area contributed by atoms with Gasteiger partial charge in [-0.1, -0.05) is 38.3 Å². The lowest BCUT2D eigenvalue weighted by atomic mass is 9.76. The second-order valence-corrected chi connectivity index (χ2v) is 6.30. The van der Waals surface area contributed by atoms with Gasteiger partial charge < -0.3 is 10.3 Å². The molecule has 106 valence electrons. The molecule has 1 aliphatic rings. The van der Waals surface area contributed by atoms with Gasteiger partial charge in [0.25, 0.3) is 5.91 Å². The number of nitrogens with one attached hydrogen (secondary N) is 2. The largest absolute Gasteiger partial charge is 0.361 e. The first kappa shape index (κ1) is 13.2. The summed E-state index contributed by atoms with van der Waals surface area (Å²) in [6.07, 6.45) is 8.24. The standard InChI is InChI=1S/C17H22N2O/c1-17(9-3-2-4-10-17)12-19-16(20)14-7-5-6-13-8-11-18-15(13)14/h5-8,11,18H,2-4,9-10,12H2,1H3,(H,19,20). The minimum absolute atomic E-state index is 0.0323. The van der Waals surface area contributed by atoms with Crippen LogP contribution in [0.4, 0.5) is 0 Å². The van der Waals surface area contributed by atoms with Crippen LogP contribution in [0.25, 0.3) is 10.9 Å². The molecular weight excluding hydrogens is 248 g/mol. The van der Waals surface area contributed by atoms with Crippen molar-refractivity contribution in [1.29, 1.82) is 0 Å². The Kier molecular flexibility index (Phi) is 3.51. The van der Waals surface area contributed by atoms with Gasteiger partial charge in [-0.05, 0) is 30.4 Å². The molecule has 1 aromatic heterocycles. The van der Waals surface area contributed by atoms with Crippen LogP contribution in [0.3, 0.4) is 0 Å². The molecule has 0 spiro atoms. The lowest BCUT2D eigenvalue weighted by Crippen LogP contribution is -2.37. The molecule has 1 amide bonds. The molecule has 0 saturated heterocycles. The minimum atomic E-state index is 0.0323. The van der Waals surface area contributed by atoms with Crippen molar-refractivity contribution in [3.63, 3.8) is 0 Å². The summed E-state index contributed by atoms with van der Waals surface area (Å²) in [5.74, 6) is 0.0323. The first-order valence-corrected chi connectivity index (χ1v) is 7.52. The molecule has 1 heterocycles. The number of aromatic amines is 1. The summed E-state index contributed by atoms with van der Waals surface area (Å²) in [5.41, 5.74) is 1.95. The van der Waals surface area contributed by atoms with Crippen molar-refractivity contribution in [2.75, 3.05) is 6.54 Å². The van der Waals surface area contributed by atoms with E-state index in [9.17, 15) is 4.79 Å². The molecule has 2 aromatic rings. The third-order valence-electron chi connectivity index (χ3n) is 4.57. The summed E-state index contributed by atoms with van der Waals surface area (Å²) in [6, 6.07) is 7.84. The second kappa shape index (κ2) is 5.31. The van der Waals surface area contributed by atoms with E-state index in [1.54, 1.807) is 0 Å². The van der Waals surface area contributed by atoms with Gasteiger partial charge in [0.2, 0.25) is 0 Å². The van der Waals surface area contributed by atoms with Crippen molar-refractivity contribution in [3.05, 3.63) is 36.0 Å². The van der Waals surface area contributed by atoms with Crippen molar-refractivity contribution in [2.24, 2.45) is 5.41 Å². The van der Waals surface area contributed by atoms with Crippen LogP contribution in [-0.4, -0.2) is 17.4 Å². The molecule has 1 fully saturated rings. The average Bonchev–Trinajstić information content (AvgIpc) is 2.94. The Morgan fingerprint density at radius 2 is 2.05 bits per heavy atom. The molecule has 3 heteroatoms. The smallest absolute Gasteiger partial charge is 0.253 e. The van der Waals surface area contributed by atoms with E-state index in [0.29, 0.717) is 0 Å². The first-order valence-electron chi connectivity index (χ1n) is 7.52. The van der Waals surface area contributed by atoms with E-state index in [4.69, 9.17) is 0 Å². The molecule has 2 N–H and O–H groups in total. The van der Waals surface area contributed by atoms with Crippen molar-refractivity contribution < 1.29 is 4.79 Å². The molecule has 0 bridgehead atoms. The zero-order valence-electron chi connectivity index (χ0n) is 12.0. The highest BCUT2D eigenvalue weighted by Gasteiger charge is 2.27. The van der Waals surface area contributed by atoms with Gasteiger partial charge in [-0.3, -0.25) is 4.79 Å². The van der Waals surface area contributed by atoms with E-state index in [2.05, 4.69) is 17.2 Å². The Labute approximate surface area is 119 Å². The molecule has 1 aromatic carbocycles. The van der Waals surface area contributed by atoms with Gasteiger partial charge >= 0.3 is 0 Å². The number of carbonyl (C=O) groups is 1. The Morgan fingerprint density at radius 1 is 1.25 bits per heavy atom. The van der Waals surface area contributed by atoms with E-state index in [1.807, 2.05) is 30.5 Å². The Balaban J connectivity index is 1.71. The monoisotopic (exact) mass is 270 g/mol. The summed E-state index contributed by atoms with van der Waals surface area (Å²) in [7, 11) is 0. The normalized spacial score (nSPS) is 18.1. The van der Waals surface area contributed by atoms with E-state index < -0.39 is 0 Å². The van der Waals surface area contributed by atoms with Gasteiger partial charge in [0, 0.05) is 18.1 Å². The summed E-state index contributed by atoms with van der Waals surface area (Å²) in [5, 5.41) is 4.22. The van der Waals surface area contributed by atoms with E-state index in [-0.39, 0.29) is 11.3 Å². The number of fused-ring (bicyclic) bond motifs is 1. The van der Waals surface area contributed by atoms with Crippen molar-refractivity contribution in [3.8, 4) is 0 Å². The molecule has 0 aliphatic heterocycles. The summed E-state index contributed by atoms with van der Waals surface area (Å²) >= 11 is 0. The van der Waals surface area contributed by atoms with Gasteiger partial charge in [0.1, 0.15) is 0 Å². The predicted molar refractivity (Wildman–Crippen MR) is 81.8 cm³/mol. The topological polar surface area (TPSA) is 44.9 Å². The summed E-state index contributed by atoms with van der Waals surface area (Å²) in [4.78, 5) is 15.6. The van der Waals surface area contributed by atoms with Gasteiger partial charge in [0.05, 0.1) is 11.1 Å². The maximum Gasteiger partial charge on any atom is 0.253 e. The molecule has 3 nitrogen and oxygen atoms in total. The van der Waals surface area contributed by atoms with Crippen LogP contribution in [0.1, 0.15) is 49.4 Å². The fourth-order valence-electron chi connectivity index (χ4n) is 3.25. The Bertz CT molecular complexity index is 608.